The van der Waals surface area contributed by atoms with Crippen molar-refractivity contribution in [2.45, 2.75) is 12.6 Å². The van der Waals surface area contributed by atoms with Crippen LogP contribution in [0.1, 0.15) is 6.42 Å². The lowest BCUT2D eigenvalue weighted by Crippen LogP contribution is -2.34. The first-order valence-corrected chi connectivity index (χ1v) is 9.68. The maximum Gasteiger partial charge on any atom is 0.401 e. The lowest BCUT2D eigenvalue weighted by molar-refractivity contribution is -0.144. The number of likely N-dealkylation sites (tertiary alicyclic amines) is 1. The maximum atomic E-state index is 13.5. The van der Waals surface area contributed by atoms with Crippen LogP contribution in [0.25, 0.3) is 10.8 Å². The summed E-state index contributed by atoms with van der Waals surface area (Å²) < 4.78 is 57.0. The minimum atomic E-state index is -4.29. The number of nitrogens with one attached hydrogen (secondary N) is 1. The number of ether oxygens (including phenoxy) is 1. The van der Waals surface area contributed by atoms with Gasteiger partial charge >= 0.3 is 6.18 Å². The highest BCUT2D eigenvalue weighted by Gasteiger charge is 2.36. The fourth-order valence-electron chi connectivity index (χ4n) is 3.70. The molecule has 0 radical (unpaired) electrons. The van der Waals surface area contributed by atoms with Crippen molar-refractivity contribution in [3.63, 3.8) is 0 Å². The van der Waals surface area contributed by atoms with Gasteiger partial charge in [0.15, 0.2) is 0 Å². The van der Waals surface area contributed by atoms with Gasteiger partial charge in [0, 0.05) is 35.8 Å². The fourth-order valence-corrected chi connectivity index (χ4v) is 3.70. The number of fused-ring (bicyclic) bond motifs is 1. The van der Waals surface area contributed by atoms with Crippen LogP contribution >= 0.6 is 0 Å². The summed E-state index contributed by atoms with van der Waals surface area (Å²) in [6.07, 6.45) is -0.796. The molecule has 1 N–H and O–H groups in total. The van der Waals surface area contributed by atoms with Crippen molar-refractivity contribution in [3.8, 4) is 11.5 Å². The summed E-state index contributed by atoms with van der Waals surface area (Å²) in [7, 11) is 0. The molecule has 0 spiro atoms. The Hall–Kier alpha value is -3.20. The van der Waals surface area contributed by atoms with Crippen LogP contribution in [0.5, 0.6) is 11.5 Å². The van der Waals surface area contributed by atoms with Crippen LogP contribution in [-0.4, -0.2) is 41.6 Å². The topological polar surface area (TPSA) is 54.5 Å². The molecule has 1 aliphatic rings. The second-order valence-corrected chi connectivity index (χ2v) is 7.42. The van der Waals surface area contributed by atoms with E-state index >= 15 is 0 Å². The third-order valence-corrected chi connectivity index (χ3v) is 5.11. The number of halogens is 4. The Morgan fingerprint density at radius 1 is 1.19 bits per heavy atom. The average Bonchev–Trinajstić information content (AvgIpc) is 3.17. The smallest absolute Gasteiger partial charge is 0.401 e. The SMILES string of the molecule is O=C(Nc1ccc(Oc2cccc(F)c2)c2ccncc12)C1CCN(CC(F)(F)F)C1. The van der Waals surface area contributed by atoms with Crippen molar-refractivity contribution >= 4 is 22.4 Å². The monoisotopic (exact) mass is 433 g/mol. The number of anilines is 1. The maximum absolute atomic E-state index is 13.5. The first-order valence-electron chi connectivity index (χ1n) is 9.68. The lowest BCUT2D eigenvalue weighted by Gasteiger charge is -2.18. The molecule has 0 aliphatic carbocycles. The van der Waals surface area contributed by atoms with Crippen LogP contribution in [0.4, 0.5) is 23.2 Å². The molecule has 1 aromatic heterocycles. The molecule has 4 rings (SSSR count). The third kappa shape index (κ3) is 5.11. The predicted octanol–water partition coefficient (Wildman–Crippen LogP) is 4.99. The minimum Gasteiger partial charge on any atom is -0.457 e. The highest BCUT2D eigenvalue weighted by molar-refractivity contribution is 6.04. The molecule has 1 amide bonds. The van der Waals surface area contributed by atoms with Crippen molar-refractivity contribution in [2.24, 2.45) is 5.92 Å². The van der Waals surface area contributed by atoms with Gasteiger partial charge in [-0.2, -0.15) is 13.2 Å². The van der Waals surface area contributed by atoms with E-state index in [0.717, 1.165) is 0 Å². The number of pyridine rings is 1. The van der Waals surface area contributed by atoms with Gasteiger partial charge in [-0.05, 0) is 43.3 Å². The van der Waals surface area contributed by atoms with Gasteiger partial charge in [-0.3, -0.25) is 14.7 Å². The molecule has 1 fully saturated rings. The number of aromatic nitrogens is 1. The van der Waals surface area contributed by atoms with Crippen LogP contribution in [-0.2, 0) is 4.79 Å². The van der Waals surface area contributed by atoms with Crippen molar-refractivity contribution in [1.82, 2.24) is 9.88 Å². The van der Waals surface area contributed by atoms with Gasteiger partial charge in [0.1, 0.15) is 17.3 Å². The zero-order valence-electron chi connectivity index (χ0n) is 16.3. The molecule has 1 atom stereocenters. The summed E-state index contributed by atoms with van der Waals surface area (Å²) in [6.45, 7) is -0.738. The molecule has 31 heavy (non-hydrogen) atoms. The predicted molar refractivity (Wildman–Crippen MR) is 107 cm³/mol. The Bertz CT molecular complexity index is 1100. The average molecular weight is 433 g/mol. The van der Waals surface area contributed by atoms with Crippen LogP contribution < -0.4 is 10.1 Å². The van der Waals surface area contributed by atoms with Crippen LogP contribution in [0.15, 0.2) is 54.9 Å². The number of rotatable bonds is 5. The van der Waals surface area contributed by atoms with Gasteiger partial charge in [0.2, 0.25) is 5.91 Å². The molecule has 2 aromatic carbocycles. The molecule has 2 heterocycles. The number of hydrogen-bond donors (Lipinski definition) is 1. The number of hydrogen-bond acceptors (Lipinski definition) is 4. The number of amides is 1. The number of nitrogens with zero attached hydrogens (tertiary/aromatic N) is 2. The molecule has 0 saturated carbocycles. The zero-order valence-corrected chi connectivity index (χ0v) is 16.3. The minimum absolute atomic E-state index is 0.0578. The van der Waals surface area contributed by atoms with Crippen LogP contribution in [0.3, 0.4) is 0 Å². The number of carbonyl (C=O) groups excluding carboxylic acids is 1. The lowest BCUT2D eigenvalue weighted by atomic mass is 10.1. The van der Waals surface area contributed by atoms with E-state index in [0.29, 0.717) is 34.4 Å². The second kappa shape index (κ2) is 8.50. The Kier molecular flexibility index (Phi) is 5.77. The molecule has 9 heteroatoms. The normalized spacial score (nSPS) is 17.1. The highest BCUT2D eigenvalue weighted by Crippen LogP contribution is 2.34. The molecular formula is C22H19F4N3O2. The van der Waals surface area contributed by atoms with Crippen molar-refractivity contribution < 1.29 is 27.1 Å². The van der Waals surface area contributed by atoms with E-state index in [2.05, 4.69) is 10.3 Å². The van der Waals surface area contributed by atoms with E-state index in [1.54, 1.807) is 36.7 Å². The van der Waals surface area contributed by atoms with E-state index in [1.807, 2.05) is 0 Å². The summed E-state index contributed by atoms with van der Waals surface area (Å²) >= 11 is 0. The van der Waals surface area contributed by atoms with Crippen molar-refractivity contribution in [1.29, 1.82) is 0 Å². The molecule has 3 aromatic rings. The molecule has 5 nitrogen and oxygen atoms in total. The van der Waals surface area contributed by atoms with Gasteiger partial charge in [-0.1, -0.05) is 6.07 Å². The largest absolute Gasteiger partial charge is 0.457 e. The summed E-state index contributed by atoms with van der Waals surface area (Å²) in [5, 5.41) is 4.07. The third-order valence-electron chi connectivity index (χ3n) is 5.11. The molecule has 1 unspecified atom stereocenters. The summed E-state index contributed by atoms with van der Waals surface area (Å²) in [4.78, 5) is 18.0. The van der Waals surface area contributed by atoms with Gasteiger partial charge in [0.05, 0.1) is 18.2 Å². The first kappa shape index (κ1) is 21.0. The number of benzene rings is 2. The van der Waals surface area contributed by atoms with Crippen molar-refractivity contribution in [3.05, 3.63) is 60.7 Å². The van der Waals surface area contributed by atoms with E-state index in [9.17, 15) is 22.4 Å². The van der Waals surface area contributed by atoms with Gasteiger partial charge < -0.3 is 10.1 Å². The molecule has 1 saturated heterocycles. The zero-order chi connectivity index (χ0) is 22.0. The molecule has 0 bridgehead atoms. The fraction of sp³-hybridized carbons (Fsp3) is 0.273. The van der Waals surface area contributed by atoms with Gasteiger partial charge in [-0.15, -0.1) is 0 Å². The second-order valence-electron chi connectivity index (χ2n) is 7.42. The quantitative estimate of drug-likeness (QED) is 0.576. The van der Waals surface area contributed by atoms with Crippen molar-refractivity contribution in [2.75, 3.05) is 25.0 Å². The summed E-state index contributed by atoms with van der Waals surface area (Å²) in [5.74, 6) is -0.516. The van der Waals surface area contributed by atoms with Crippen LogP contribution in [0.2, 0.25) is 0 Å². The summed E-state index contributed by atoms with van der Waals surface area (Å²) in [6, 6.07) is 10.7. The Balaban J connectivity index is 1.52. The first-order chi connectivity index (χ1) is 14.8. The Labute approximate surface area is 175 Å². The Morgan fingerprint density at radius 3 is 2.81 bits per heavy atom. The van der Waals surface area contributed by atoms with Gasteiger partial charge in [0.25, 0.3) is 0 Å². The van der Waals surface area contributed by atoms with E-state index in [1.165, 1.54) is 23.1 Å². The highest BCUT2D eigenvalue weighted by atomic mass is 19.4. The number of alkyl halides is 3. The molecule has 1 aliphatic heterocycles. The molecule has 162 valence electrons. The van der Waals surface area contributed by atoms with E-state index < -0.39 is 24.5 Å². The van der Waals surface area contributed by atoms with E-state index in [4.69, 9.17) is 4.74 Å². The standard InChI is InChI=1S/C22H19F4N3O2/c23-15-2-1-3-16(10-15)31-20-5-4-19(18-11-27-8-6-17(18)20)28-21(30)14-7-9-29(12-14)13-22(24,25)26/h1-6,8,10-11,14H,7,9,12-13H2,(H,28,30). The molecular weight excluding hydrogens is 414 g/mol. The van der Waals surface area contributed by atoms with E-state index in [-0.39, 0.29) is 19.0 Å². The van der Waals surface area contributed by atoms with Crippen LogP contribution in [0, 0.1) is 11.7 Å². The van der Waals surface area contributed by atoms with Gasteiger partial charge in [-0.25, -0.2) is 4.39 Å². The summed E-state index contributed by atoms with van der Waals surface area (Å²) in [5.41, 5.74) is 0.481. The number of carbonyl (C=O) groups is 1. The Morgan fingerprint density at radius 2 is 2.03 bits per heavy atom.